The molecule has 0 saturated carbocycles. The average Bonchev–Trinajstić information content (AvgIpc) is 3.21. The van der Waals surface area contributed by atoms with Gasteiger partial charge < -0.3 is 11.1 Å². The number of amides is 1. The maximum absolute atomic E-state index is 12.6. The summed E-state index contributed by atoms with van der Waals surface area (Å²) in [6.07, 6.45) is 1.59. The molecule has 28 heavy (non-hydrogen) atoms. The molecule has 7 heteroatoms. The first-order valence-corrected chi connectivity index (χ1v) is 9.62. The third-order valence-electron chi connectivity index (χ3n) is 4.23. The molecule has 138 valence electrons. The number of nitrogens with one attached hydrogen (secondary N) is 1. The predicted molar refractivity (Wildman–Crippen MR) is 118 cm³/mol. The fourth-order valence-corrected chi connectivity index (χ4v) is 3.11. The lowest BCUT2D eigenvalue weighted by molar-refractivity contribution is 0.102. The molecule has 3 aromatic carbocycles. The van der Waals surface area contributed by atoms with Gasteiger partial charge in [0, 0.05) is 3.57 Å². The first-order valence-electron chi connectivity index (χ1n) is 8.55. The van der Waals surface area contributed by atoms with Crippen LogP contribution in [-0.2, 0) is 0 Å². The van der Waals surface area contributed by atoms with E-state index < -0.39 is 0 Å². The molecule has 4 rings (SSSR count). The van der Waals surface area contributed by atoms with E-state index in [2.05, 4.69) is 38.2 Å². The van der Waals surface area contributed by atoms with E-state index >= 15 is 0 Å². The van der Waals surface area contributed by atoms with Gasteiger partial charge in [0.2, 0.25) is 0 Å². The molecular formula is C21H16IN5O. The molecule has 1 aromatic heterocycles. The van der Waals surface area contributed by atoms with E-state index in [-0.39, 0.29) is 11.6 Å². The smallest absolute Gasteiger partial charge is 0.277 e. The van der Waals surface area contributed by atoms with Crippen LogP contribution in [-0.4, -0.2) is 20.9 Å². The highest BCUT2D eigenvalue weighted by atomic mass is 127. The highest BCUT2D eigenvalue weighted by Gasteiger charge is 2.14. The molecule has 0 unspecified atom stereocenters. The lowest BCUT2D eigenvalue weighted by Gasteiger charge is -2.09. The van der Waals surface area contributed by atoms with Crippen LogP contribution < -0.4 is 11.1 Å². The molecule has 0 bridgehead atoms. The molecule has 3 N–H and O–H groups in total. The molecule has 0 aliphatic heterocycles. The number of rotatable bonds is 4. The Kier molecular flexibility index (Phi) is 5.07. The van der Waals surface area contributed by atoms with Crippen LogP contribution in [0.5, 0.6) is 0 Å². The number of hydrogen-bond donors (Lipinski definition) is 2. The molecule has 0 aliphatic carbocycles. The van der Waals surface area contributed by atoms with Crippen LogP contribution in [0.25, 0.3) is 16.8 Å². The van der Waals surface area contributed by atoms with Gasteiger partial charge in [-0.3, -0.25) is 4.79 Å². The molecule has 0 aliphatic rings. The highest BCUT2D eigenvalue weighted by molar-refractivity contribution is 14.1. The molecule has 0 saturated heterocycles. The van der Waals surface area contributed by atoms with Crippen molar-refractivity contribution in [2.45, 2.75) is 0 Å². The summed E-state index contributed by atoms with van der Waals surface area (Å²) in [5.74, 6) is -0.367. The summed E-state index contributed by atoms with van der Waals surface area (Å²) in [6, 6.07) is 23.2. The number of benzene rings is 3. The molecule has 0 spiro atoms. The number of halogens is 1. The molecule has 0 atom stereocenters. The van der Waals surface area contributed by atoms with Crippen molar-refractivity contribution >= 4 is 39.9 Å². The SMILES string of the molecule is Nc1ccc(-c2ccccc2)cc1NC(=O)c1cn(-c2ccc(I)cc2)nn1. The molecule has 1 amide bonds. The van der Waals surface area contributed by atoms with Crippen molar-refractivity contribution in [2.75, 3.05) is 11.1 Å². The minimum absolute atomic E-state index is 0.211. The van der Waals surface area contributed by atoms with E-state index in [4.69, 9.17) is 5.73 Å². The summed E-state index contributed by atoms with van der Waals surface area (Å²) in [4.78, 5) is 12.6. The van der Waals surface area contributed by atoms with E-state index in [0.29, 0.717) is 11.4 Å². The normalized spacial score (nSPS) is 10.6. The number of nitrogens with zero attached hydrogens (tertiary/aromatic N) is 3. The van der Waals surface area contributed by atoms with Crippen LogP contribution in [0.2, 0.25) is 0 Å². The van der Waals surface area contributed by atoms with Crippen LogP contribution in [0, 0.1) is 3.57 Å². The third-order valence-corrected chi connectivity index (χ3v) is 4.94. The minimum Gasteiger partial charge on any atom is -0.397 e. The fraction of sp³-hybridized carbons (Fsp3) is 0. The molecule has 0 radical (unpaired) electrons. The number of anilines is 2. The second kappa shape index (κ2) is 7.81. The zero-order valence-corrected chi connectivity index (χ0v) is 16.9. The van der Waals surface area contributed by atoms with Gasteiger partial charge in [0.25, 0.3) is 5.91 Å². The van der Waals surface area contributed by atoms with Gasteiger partial charge in [0.15, 0.2) is 5.69 Å². The lowest BCUT2D eigenvalue weighted by atomic mass is 10.0. The second-order valence-corrected chi connectivity index (χ2v) is 7.39. The van der Waals surface area contributed by atoms with E-state index in [1.54, 1.807) is 16.9 Å². The standard InChI is InChI=1S/C21H16IN5O/c22-16-7-9-17(10-8-16)27-13-20(25-26-27)21(28)24-19-12-15(6-11-18(19)23)14-4-2-1-3-5-14/h1-13H,23H2,(H,24,28). The summed E-state index contributed by atoms with van der Waals surface area (Å²) < 4.78 is 2.68. The molecule has 0 fully saturated rings. The van der Waals surface area contributed by atoms with Gasteiger partial charge in [-0.2, -0.15) is 0 Å². The Morgan fingerprint density at radius 2 is 1.71 bits per heavy atom. The van der Waals surface area contributed by atoms with Crippen molar-refractivity contribution in [1.82, 2.24) is 15.0 Å². The number of nitrogens with two attached hydrogens (primary N) is 1. The number of carbonyl (C=O) groups is 1. The number of aromatic nitrogens is 3. The van der Waals surface area contributed by atoms with Gasteiger partial charge in [-0.15, -0.1) is 5.10 Å². The van der Waals surface area contributed by atoms with Crippen LogP contribution >= 0.6 is 22.6 Å². The van der Waals surface area contributed by atoms with Crippen LogP contribution in [0.4, 0.5) is 11.4 Å². The van der Waals surface area contributed by atoms with E-state index in [9.17, 15) is 4.79 Å². The van der Waals surface area contributed by atoms with Crippen molar-refractivity contribution in [2.24, 2.45) is 0 Å². The van der Waals surface area contributed by atoms with Gasteiger partial charge in [-0.1, -0.05) is 41.6 Å². The lowest BCUT2D eigenvalue weighted by Crippen LogP contribution is -2.13. The maximum atomic E-state index is 12.6. The molecular weight excluding hydrogens is 465 g/mol. The van der Waals surface area contributed by atoms with Crippen LogP contribution in [0.15, 0.2) is 79.0 Å². The minimum atomic E-state index is -0.367. The Labute approximate surface area is 175 Å². The zero-order chi connectivity index (χ0) is 19.5. The number of nitrogen functional groups attached to an aromatic ring is 1. The number of hydrogen-bond acceptors (Lipinski definition) is 4. The Hall–Kier alpha value is -3.20. The first-order chi connectivity index (χ1) is 13.6. The fourth-order valence-electron chi connectivity index (χ4n) is 2.75. The monoisotopic (exact) mass is 481 g/mol. The third kappa shape index (κ3) is 3.89. The maximum Gasteiger partial charge on any atom is 0.277 e. The summed E-state index contributed by atoms with van der Waals surface area (Å²) in [6.45, 7) is 0. The Morgan fingerprint density at radius 3 is 2.46 bits per heavy atom. The van der Waals surface area contributed by atoms with Gasteiger partial charge in [0.1, 0.15) is 0 Å². The van der Waals surface area contributed by atoms with E-state index in [1.165, 1.54) is 0 Å². The Bertz CT molecular complexity index is 1120. The molecule has 1 heterocycles. The van der Waals surface area contributed by atoms with Gasteiger partial charge in [-0.25, -0.2) is 4.68 Å². The summed E-state index contributed by atoms with van der Waals surface area (Å²) in [5, 5.41) is 10.8. The van der Waals surface area contributed by atoms with Crippen molar-refractivity contribution in [3.63, 3.8) is 0 Å². The van der Waals surface area contributed by atoms with Gasteiger partial charge in [0.05, 0.1) is 23.3 Å². The molecule has 6 nitrogen and oxygen atoms in total. The van der Waals surface area contributed by atoms with Crippen molar-refractivity contribution in [1.29, 1.82) is 0 Å². The number of carbonyl (C=O) groups excluding carboxylic acids is 1. The first kappa shape index (κ1) is 18.2. The van der Waals surface area contributed by atoms with Gasteiger partial charge in [-0.05, 0) is 70.1 Å². The Morgan fingerprint density at radius 1 is 0.964 bits per heavy atom. The zero-order valence-electron chi connectivity index (χ0n) is 14.7. The summed E-state index contributed by atoms with van der Waals surface area (Å²) in [5.41, 5.74) is 10.1. The van der Waals surface area contributed by atoms with E-state index in [0.717, 1.165) is 20.4 Å². The summed E-state index contributed by atoms with van der Waals surface area (Å²) in [7, 11) is 0. The summed E-state index contributed by atoms with van der Waals surface area (Å²) >= 11 is 2.23. The largest absolute Gasteiger partial charge is 0.397 e. The van der Waals surface area contributed by atoms with Crippen molar-refractivity contribution in [3.05, 3.63) is 88.3 Å². The molecule has 4 aromatic rings. The van der Waals surface area contributed by atoms with Crippen molar-refractivity contribution < 1.29 is 4.79 Å². The van der Waals surface area contributed by atoms with E-state index in [1.807, 2.05) is 66.7 Å². The highest BCUT2D eigenvalue weighted by Crippen LogP contribution is 2.27. The Balaban J connectivity index is 1.56. The second-order valence-electron chi connectivity index (χ2n) is 6.15. The predicted octanol–water partition coefficient (Wildman–Crippen LogP) is 4.37. The quantitative estimate of drug-likeness (QED) is 0.335. The van der Waals surface area contributed by atoms with Crippen LogP contribution in [0.3, 0.4) is 0 Å². The van der Waals surface area contributed by atoms with Crippen LogP contribution in [0.1, 0.15) is 10.5 Å². The topological polar surface area (TPSA) is 85.8 Å². The van der Waals surface area contributed by atoms with Crippen molar-refractivity contribution in [3.8, 4) is 16.8 Å². The average molecular weight is 481 g/mol. The van der Waals surface area contributed by atoms with Gasteiger partial charge >= 0.3 is 0 Å².